The molecule has 0 saturated carbocycles. The monoisotopic (exact) mass is 389 g/mol. The second kappa shape index (κ2) is 7.28. The number of amides is 1. The molecule has 3 heterocycles. The molecule has 2 aliphatic heterocycles. The summed E-state index contributed by atoms with van der Waals surface area (Å²) in [5.41, 5.74) is 3.54. The summed E-state index contributed by atoms with van der Waals surface area (Å²) in [5, 5.41) is 1.18. The van der Waals surface area contributed by atoms with Crippen LogP contribution in [0.4, 0.5) is 0 Å². The molecule has 0 spiro atoms. The third kappa shape index (κ3) is 3.50. The second-order valence-corrected chi connectivity index (χ2v) is 9.74. The van der Waals surface area contributed by atoms with E-state index in [1.807, 2.05) is 24.0 Å². The Morgan fingerprint density at radius 3 is 2.89 bits per heavy atom. The van der Waals surface area contributed by atoms with Gasteiger partial charge >= 0.3 is 0 Å². The summed E-state index contributed by atoms with van der Waals surface area (Å²) >= 11 is 0. The Bertz CT molecular complexity index is 951. The molecule has 2 aliphatic rings. The van der Waals surface area contributed by atoms with Gasteiger partial charge < -0.3 is 9.88 Å². The van der Waals surface area contributed by atoms with E-state index >= 15 is 0 Å². The highest BCUT2D eigenvalue weighted by molar-refractivity contribution is 7.89. The average Bonchev–Trinajstić information content (AvgIpc) is 3.05. The molecular weight excluding hydrogens is 362 g/mol. The fourth-order valence-corrected chi connectivity index (χ4v) is 5.98. The Balaban J connectivity index is 1.50. The first-order valence-corrected chi connectivity index (χ1v) is 11.5. The lowest BCUT2D eigenvalue weighted by Gasteiger charge is -2.35. The third-order valence-corrected chi connectivity index (χ3v) is 7.83. The van der Waals surface area contributed by atoms with E-state index in [0.29, 0.717) is 32.6 Å². The number of carbonyl (C=O) groups is 1. The van der Waals surface area contributed by atoms with Crippen molar-refractivity contribution in [3.63, 3.8) is 0 Å². The summed E-state index contributed by atoms with van der Waals surface area (Å²) in [4.78, 5) is 18.5. The van der Waals surface area contributed by atoms with E-state index in [0.717, 1.165) is 24.8 Å². The maximum Gasteiger partial charge on any atom is 0.227 e. The molecule has 0 aliphatic carbocycles. The quantitative estimate of drug-likeness (QED) is 0.873. The highest BCUT2D eigenvalue weighted by atomic mass is 32.2. The molecule has 27 heavy (non-hydrogen) atoms. The smallest absolute Gasteiger partial charge is 0.227 e. The molecule has 1 saturated heterocycles. The van der Waals surface area contributed by atoms with Gasteiger partial charge in [-0.2, -0.15) is 0 Å². The number of aromatic amines is 1. The highest BCUT2D eigenvalue weighted by Crippen LogP contribution is 2.29. The summed E-state index contributed by atoms with van der Waals surface area (Å²) in [5.74, 6) is 0.0375. The van der Waals surface area contributed by atoms with Crippen LogP contribution in [0.15, 0.2) is 24.3 Å². The molecule has 1 amide bonds. The lowest BCUT2D eigenvalue weighted by molar-refractivity contribution is -0.137. The number of piperidine rings is 1. The number of rotatable bonds is 4. The molecule has 6 nitrogen and oxygen atoms in total. The molecule has 7 heteroatoms. The van der Waals surface area contributed by atoms with Crippen molar-refractivity contribution >= 4 is 26.8 Å². The number of nitrogens with zero attached hydrogens (tertiary/aromatic N) is 2. The predicted octanol–water partition coefficient (Wildman–Crippen LogP) is 2.50. The van der Waals surface area contributed by atoms with Gasteiger partial charge in [-0.1, -0.05) is 25.1 Å². The van der Waals surface area contributed by atoms with Gasteiger partial charge in [0.1, 0.15) is 0 Å². The Labute approximate surface area is 160 Å². The van der Waals surface area contributed by atoms with Gasteiger partial charge in [0, 0.05) is 54.8 Å². The van der Waals surface area contributed by atoms with E-state index < -0.39 is 10.0 Å². The number of hydrogen-bond donors (Lipinski definition) is 1. The van der Waals surface area contributed by atoms with Crippen molar-refractivity contribution in [3.05, 3.63) is 35.5 Å². The maximum absolute atomic E-state index is 13.1. The minimum atomic E-state index is -3.24. The van der Waals surface area contributed by atoms with Crippen LogP contribution in [0.2, 0.25) is 0 Å². The zero-order valence-electron chi connectivity index (χ0n) is 15.8. The number of sulfonamides is 1. The molecule has 146 valence electrons. The summed E-state index contributed by atoms with van der Waals surface area (Å²) in [6.45, 7) is 4.04. The molecule has 0 bridgehead atoms. The minimum Gasteiger partial charge on any atom is -0.358 e. The van der Waals surface area contributed by atoms with E-state index in [2.05, 4.69) is 17.1 Å². The second-order valence-electron chi connectivity index (χ2n) is 7.65. The normalized spacial score (nSPS) is 21.4. The fourth-order valence-electron chi connectivity index (χ4n) is 4.40. The zero-order chi connectivity index (χ0) is 19.0. The maximum atomic E-state index is 13.1. The van der Waals surface area contributed by atoms with E-state index in [9.17, 15) is 13.2 Å². The third-order valence-electron chi connectivity index (χ3n) is 5.78. The van der Waals surface area contributed by atoms with Crippen LogP contribution in [-0.4, -0.2) is 53.9 Å². The van der Waals surface area contributed by atoms with Gasteiger partial charge in [-0.25, -0.2) is 12.7 Å². The number of para-hydroxylation sites is 1. The first kappa shape index (κ1) is 18.5. The van der Waals surface area contributed by atoms with E-state index in [1.165, 1.54) is 20.9 Å². The van der Waals surface area contributed by atoms with Crippen molar-refractivity contribution in [3.8, 4) is 0 Å². The van der Waals surface area contributed by atoms with Crippen molar-refractivity contribution in [1.29, 1.82) is 0 Å². The van der Waals surface area contributed by atoms with Crippen LogP contribution < -0.4 is 0 Å². The van der Waals surface area contributed by atoms with Gasteiger partial charge in [-0.15, -0.1) is 0 Å². The van der Waals surface area contributed by atoms with Crippen molar-refractivity contribution in [2.75, 3.05) is 25.4 Å². The number of benzene rings is 1. The van der Waals surface area contributed by atoms with Gasteiger partial charge in [-0.05, 0) is 25.3 Å². The van der Waals surface area contributed by atoms with Crippen molar-refractivity contribution in [1.82, 2.24) is 14.2 Å². The summed E-state index contributed by atoms with van der Waals surface area (Å²) in [6.07, 6.45) is 2.95. The van der Waals surface area contributed by atoms with Gasteiger partial charge in [-0.3, -0.25) is 4.79 Å². The standard InChI is InChI=1S/C20H27N3O3S/c1-2-12-27(25,26)23-10-5-6-15(13-23)20(24)22-11-9-19-17(14-22)16-7-3-4-8-18(16)21-19/h3-4,7-8,15,21H,2,5-6,9-14H2,1H3/t15-/m0/s1. The summed E-state index contributed by atoms with van der Waals surface area (Å²) in [7, 11) is -3.24. The number of nitrogens with one attached hydrogen (secondary N) is 1. The van der Waals surface area contributed by atoms with Crippen LogP contribution in [0.5, 0.6) is 0 Å². The molecule has 0 radical (unpaired) electrons. The zero-order valence-corrected chi connectivity index (χ0v) is 16.6. The van der Waals surface area contributed by atoms with Gasteiger partial charge in [0.2, 0.25) is 15.9 Å². The Kier molecular flexibility index (Phi) is 4.99. The van der Waals surface area contributed by atoms with E-state index in [1.54, 1.807) is 0 Å². The Hall–Kier alpha value is -1.86. The SMILES string of the molecule is CCCS(=O)(=O)N1CCC[C@H](C(=O)N2CCc3[nH]c4ccccc4c3C2)C1. The number of hydrogen-bond acceptors (Lipinski definition) is 3. The molecule has 1 fully saturated rings. The van der Waals surface area contributed by atoms with Gasteiger partial charge in [0.25, 0.3) is 0 Å². The van der Waals surface area contributed by atoms with E-state index in [-0.39, 0.29) is 17.6 Å². The average molecular weight is 390 g/mol. The molecular formula is C20H27N3O3S. The number of aromatic nitrogens is 1. The number of H-pyrrole nitrogens is 1. The number of fused-ring (bicyclic) bond motifs is 3. The predicted molar refractivity (Wildman–Crippen MR) is 106 cm³/mol. The minimum absolute atomic E-state index is 0.0994. The first-order valence-electron chi connectivity index (χ1n) is 9.84. The fraction of sp³-hybridized carbons (Fsp3) is 0.550. The van der Waals surface area contributed by atoms with Crippen molar-refractivity contribution < 1.29 is 13.2 Å². The lowest BCUT2D eigenvalue weighted by atomic mass is 9.96. The van der Waals surface area contributed by atoms with Crippen LogP contribution in [0, 0.1) is 5.92 Å². The topological polar surface area (TPSA) is 73.5 Å². The van der Waals surface area contributed by atoms with Crippen LogP contribution in [0.3, 0.4) is 0 Å². The van der Waals surface area contributed by atoms with Crippen molar-refractivity contribution in [2.24, 2.45) is 5.92 Å². The van der Waals surface area contributed by atoms with Crippen LogP contribution in [0.1, 0.15) is 37.4 Å². The molecule has 1 aromatic heterocycles. The number of carbonyl (C=O) groups excluding carboxylic acids is 1. The van der Waals surface area contributed by atoms with Crippen LogP contribution >= 0.6 is 0 Å². The molecule has 1 N–H and O–H groups in total. The largest absolute Gasteiger partial charge is 0.358 e. The van der Waals surface area contributed by atoms with Crippen molar-refractivity contribution in [2.45, 2.75) is 39.2 Å². The van der Waals surface area contributed by atoms with Gasteiger partial charge in [0.15, 0.2) is 0 Å². The van der Waals surface area contributed by atoms with Crippen LogP contribution in [-0.2, 0) is 27.8 Å². The molecule has 1 aromatic carbocycles. The molecule has 1 atom stereocenters. The summed E-state index contributed by atoms with van der Waals surface area (Å²) < 4.78 is 26.3. The lowest BCUT2D eigenvalue weighted by Crippen LogP contribution is -2.48. The highest BCUT2D eigenvalue weighted by Gasteiger charge is 2.35. The molecule has 2 aromatic rings. The Morgan fingerprint density at radius 1 is 1.26 bits per heavy atom. The van der Waals surface area contributed by atoms with Crippen LogP contribution in [0.25, 0.3) is 10.9 Å². The molecule has 0 unspecified atom stereocenters. The Morgan fingerprint density at radius 2 is 2.07 bits per heavy atom. The van der Waals surface area contributed by atoms with Gasteiger partial charge in [0.05, 0.1) is 11.7 Å². The summed E-state index contributed by atoms with van der Waals surface area (Å²) in [6, 6.07) is 8.20. The molecule has 4 rings (SSSR count). The first-order chi connectivity index (χ1) is 13.0. The van der Waals surface area contributed by atoms with E-state index in [4.69, 9.17) is 0 Å².